The molecule has 33 heavy (non-hydrogen) atoms. The van der Waals surface area contributed by atoms with Crippen LogP contribution < -0.4 is 10.6 Å². The van der Waals surface area contributed by atoms with Crippen LogP contribution in [0.2, 0.25) is 0 Å². The SMILES string of the molecule is CC(C)(C)c1noc(-c2ccccc2C(=O)NC2CCN(C(=O)NC3CCCCC3)CC2)n1. The third-order valence-corrected chi connectivity index (χ3v) is 6.55. The van der Waals surface area contributed by atoms with E-state index in [-0.39, 0.29) is 23.4 Å². The van der Waals surface area contributed by atoms with Crippen LogP contribution in [-0.4, -0.2) is 52.2 Å². The molecule has 1 aliphatic carbocycles. The van der Waals surface area contributed by atoms with Gasteiger partial charge in [-0.05, 0) is 37.8 Å². The van der Waals surface area contributed by atoms with E-state index in [9.17, 15) is 9.59 Å². The summed E-state index contributed by atoms with van der Waals surface area (Å²) in [6, 6.07) is 7.66. The van der Waals surface area contributed by atoms with Crippen LogP contribution >= 0.6 is 0 Å². The Balaban J connectivity index is 1.34. The van der Waals surface area contributed by atoms with Gasteiger partial charge in [-0.25, -0.2) is 4.79 Å². The van der Waals surface area contributed by atoms with Crippen molar-refractivity contribution in [2.75, 3.05) is 13.1 Å². The van der Waals surface area contributed by atoms with Crippen molar-refractivity contribution in [2.45, 2.75) is 83.2 Å². The van der Waals surface area contributed by atoms with Gasteiger partial charge in [-0.15, -0.1) is 0 Å². The summed E-state index contributed by atoms with van der Waals surface area (Å²) in [6.45, 7) is 7.33. The minimum Gasteiger partial charge on any atom is -0.349 e. The first kappa shape index (κ1) is 23.3. The zero-order valence-corrected chi connectivity index (χ0v) is 19.9. The molecule has 1 aromatic heterocycles. The lowest BCUT2D eigenvalue weighted by molar-refractivity contribution is 0.0917. The van der Waals surface area contributed by atoms with Gasteiger partial charge in [-0.1, -0.05) is 57.3 Å². The Morgan fingerprint density at radius 3 is 2.30 bits per heavy atom. The summed E-state index contributed by atoms with van der Waals surface area (Å²) in [7, 11) is 0. The second kappa shape index (κ2) is 9.93. The number of nitrogens with one attached hydrogen (secondary N) is 2. The Morgan fingerprint density at radius 1 is 0.970 bits per heavy atom. The average molecular weight is 454 g/mol. The highest BCUT2D eigenvalue weighted by Crippen LogP contribution is 2.26. The molecule has 178 valence electrons. The summed E-state index contributed by atoms with van der Waals surface area (Å²) in [6.07, 6.45) is 7.29. The summed E-state index contributed by atoms with van der Waals surface area (Å²) in [5, 5.41) is 10.4. The highest BCUT2D eigenvalue weighted by molar-refractivity contribution is 6.00. The largest absolute Gasteiger partial charge is 0.349 e. The number of urea groups is 1. The second-order valence-electron chi connectivity index (χ2n) is 10.2. The van der Waals surface area contributed by atoms with Crippen LogP contribution in [0.25, 0.3) is 11.5 Å². The van der Waals surface area contributed by atoms with Crippen LogP contribution in [0.3, 0.4) is 0 Å². The van der Waals surface area contributed by atoms with Crippen molar-refractivity contribution in [1.82, 2.24) is 25.7 Å². The van der Waals surface area contributed by atoms with E-state index >= 15 is 0 Å². The smallest absolute Gasteiger partial charge is 0.317 e. The van der Waals surface area contributed by atoms with Gasteiger partial charge in [-0.3, -0.25) is 4.79 Å². The fraction of sp³-hybridized carbons (Fsp3) is 0.600. The van der Waals surface area contributed by atoms with E-state index in [4.69, 9.17) is 4.52 Å². The number of aromatic nitrogens is 2. The van der Waals surface area contributed by atoms with Gasteiger partial charge in [0.25, 0.3) is 11.8 Å². The van der Waals surface area contributed by atoms with E-state index in [0.717, 1.165) is 25.7 Å². The molecule has 0 bridgehead atoms. The maximum absolute atomic E-state index is 13.1. The lowest BCUT2D eigenvalue weighted by atomic mass is 9.95. The van der Waals surface area contributed by atoms with E-state index in [1.54, 1.807) is 6.07 Å². The molecular formula is C25H35N5O3. The minimum absolute atomic E-state index is 0.0251. The van der Waals surface area contributed by atoms with Crippen LogP contribution in [0, 0.1) is 0 Å². The lowest BCUT2D eigenvalue weighted by Crippen LogP contribution is -2.51. The molecule has 2 aliphatic rings. The maximum atomic E-state index is 13.1. The van der Waals surface area contributed by atoms with Gasteiger partial charge in [0.15, 0.2) is 5.82 Å². The maximum Gasteiger partial charge on any atom is 0.317 e. The van der Waals surface area contributed by atoms with Crippen molar-refractivity contribution >= 4 is 11.9 Å². The highest BCUT2D eigenvalue weighted by Gasteiger charge is 2.28. The van der Waals surface area contributed by atoms with Gasteiger partial charge < -0.3 is 20.1 Å². The first-order chi connectivity index (χ1) is 15.8. The molecule has 2 fully saturated rings. The molecule has 1 aliphatic heterocycles. The van der Waals surface area contributed by atoms with Gasteiger partial charge in [0.2, 0.25) is 0 Å². The van der Waals surface area contributed by atoms with Crippen LogP contribution in [0.15, 0.2) is 28.8 Å². The molecule has 0 spiro atoms. The number of hydrogen-bond acceptors (Lipinski definition) is 5. The molecule has 1 aromatic carbocycles. The van der Waals surface area contributed by atoms with E-state index < -0.39 is 0 Å². The topological polar surface area (TPSA) is 100 Å². The number of nitrogens with zero attached hydrogens (tertiary/aromatic N) is 3. The Kier molecular flexibility index (Phi) is 7.00. The predicted octanol–water partition coefficient (Wildman–Crippen LogP) is 4.27. The summed E-state index contributed by atoms with van der Waals surface area (Å²) in [4.78, 5) is 32.1. The van der Waals surface area contributed by atoms with Crippen molar-refractivity contribution in [3.05, 3.63) is 35.7 Å². The third-order valence-electron chi connectivity index (χ3n) is 6.55. The van der Waals surface area contributed by atoms with E-state index in [1.165, 1.54) is 19.3 Å². The van der Waals surface area contributed by atoms with E-state index in [1.807, 2.05) is 43.9 Å². The normalized spacial score (nSPS) is 18.2. The standard InChI is InChI=1S/C25H35N5O3/c1-25(2,3)23-28-22(33-29-23)20-12-8-7-11-19(20)21(31)26-18-13-15-30(16-14-18)24(32)27-17-9-5-4-6-10-17/h7-8,11-12,17-18H,4-6,9-10,13-16H2,1-3H3,(H,26,31)(H,27,32). The van der Waals surface area contributed by atoms with Crippen LogP contribution in [0.4, 0.5) is 4.79 Å². The average Bonchev–Trinajstić information content (AvgIpc) is 3.31. The number of rotatable bonds is 4. The monoisotopic (exact) mass is 453 g/mol. The van der Waals surface area contributed by atoms with Crippen molar-refractivity contribution in [2.24, 2.45) is 0 Å². The Hall–Kier alpha value is -2.90. The van der Waals surface area contributed by atoms with Gasteiger partial charge in [0.05, 0.1) is 11.1 Å². The van der Waals surface area contributed by atoms with E-state index in [0.29, 0.717) is 42.0 Å². The number of hydrogen-bond donors (Lipinski definition) is 2. The summed E-state index contributed by atoms with van der Waals surface area (Å²) < 4.78 is 5.47. The highest BCUT2D eigenvalue weighted by atomic mass is 16.5. The van der Waals surface area contributed by atoms with Crippen molar-refractivity contribution < 1.29 is 14.1 Å². The van der Waals surface area contributed by atoms with Crippen LogP contribution in [-0.2, 0) is 5.41 Å². The van der Waals surface area contributed by atoms with Crippen molar-refractivity contribution in [1.29, 1.82) is 0 Å². The molecule has 0 atom stereocenters. The minimum atomic E-state index is -0.240. The van der Waals surface area contributed by atoms with Gasteiger partial charge in [0.1, 0.15) is 0 Å². The third kappa shape index (κ3) is 5.72. The molecule has 1 saturated carbocycles. The quantitative estimate of drug-likeness (QED) is 0.720. The van der Waals surface area contributed by atoms with Gasteiger partial charge in [0, 0.05) is 30.6 Å². The van der Waals surface area contributed by atoms with Gasteiger partial charge in [-0.2, -0.15) is 4.98 Å². The zero-order valence-electron chi connectivity index (χ0n) is 19.9. The summed E-state index contributed by atoms with van der Waals surface area (Å²) in [5.74, 6) is 0.790. The lowest BCUT2D eigenvalue weighted by Gasteiger charge is -2.34. The number of carbonyl (C=O) groups is 2. The van der Waals surface area contributed by atoms with E-state index in [2.05, 4.69) is 20.8 Å². The van der Waals surface area contributed by atoms with Crippen molar-refractivity contribution in [3.63, 3.8) is 0 Å². The number of likely N-dealkylation sites (tertiary alicyclic amines) is 1. The number of carbonyl (C=O) groups excluding carboxylic acids is 2. The first-order valence-electron chi connectivity index (χ1n) is 12.1. The van der Waals surface area contributed by atoms with Crippen LogP contribution in [0.1, 0.15) is 81.9 Å². The Labute approximate surface area is 195 Å². The molecule has 8 heteroatoms. The van der Waals surface area contributed by atoms with Crippen LogP contribution in [0.5, 0.6) is 0 Å². The summed E-state index contributed by atoms with van der Waals surface area (Å²) in [5.41, 5.74) is 0.900. The van der Waals surface area contributed by atoms with Gasteiger partial charge >= 0.3 is 6.03 Å². The Bertz CT molecular complexity index is 966. The fourth-order valence-electron chi connectivity index (χ4n) is 4.51. The molecule has 4 rings (SSSR count). The fourth-order valence-corrected chi connectivity index (χ4v) is 4.51. The molecule has 1 saturated heterocycles. The second-order valence-corrected chi connectivity index (χ2v) is 10.2. The number of amides is 3. The molecule has 2 aromatic rings. The Morgan fingerprint density at radius 2 is 1.64 bits per heavy atom. The number of benzene rings is 1. The molecular weight excluding hydrogens is 418 g/mol. The molecule has 2 heterocycles. The molecule has 0 radical (unpaired) electrons. The molecule has 3 amide bonds. The first-order valence-corrected chi connectivity index (χ1v) is 12.1. The zero-order chi connectivity index (χ0) is 23.4. The molecule has 8 nitrogen and oxygen atoms in total. The molecule has 0 unspecified atom stereocenters. The predicted molar refractivity (Wildman–Crippen MR) is 126 cm³/mol. The number of piperidine rings is 1. The van der Waals surface area contributed by atoms with Crippen molar-refractivity contribution in [3.8, 4) is 11.5 Å². The molecule has 2 N–H and O–H groups in total. The summed E-state index contributed by atoms with van der Waals surface area (Å²) >= 11 is 0.